The maximum absolute atomic E-state index is 12.1. The summed E-state index contributed by atoms with van der Waals surface area (Å²) in [6, 6.07) is 7.68. The molecule has 0 saturated carbocycles. The first-order valence-corrected chi connectivity index (χ1v) is 7.24. The molecule has 1 amide bonds. The molecule has 1 heterocycles. The van der Waals surface area contributed by atoms with E-state index in [4.69, 9.17) is 0 Å². The number of carbonyl (C=O) groups excluding carboxylic acids is 1. The lowest BCUT2D eigenvalue weighted by molar-refractivity contribution is 0.0950. The zero-order valence-corrected chi connectivity index (χ0v) is 11.5. The van der Waals surface area contributed by atoms with Crippen molar-refractivity contribution in [2.45, 2.75) is 32.1 Å². The Bertz CT molecular complexity index is 642. The molecule has 0 atom stereocenters. The summed E-state index contributed by atoms with van der Waals surface area (Å²) >= 11 is 0. The van der Waals surface area contributed by atoms with Gasteiger partial charge in [-0.1, -0.05) is 29.8 Å². The molecule has 0 radical (unpaired) electrons. The Kier molecular flexibility index (Phi) is 3.81. The number of rotatable bonds is 4. The fourth-order valence-electron chi connectivity index (χ4n) is 2.69. The highest BCUT2D eigenvalue weighted by Crippen LogP contribution is 2.19. The summed E-state index contributed by atoms with van der Waals surface area (Å²) in [5, 5.41) is 10.8. The molecule has 0 aliphatic heterocycles. The van der Waals surface area contributed by atoms with Crippen LogP contribution in [0.2, 0.25) is 0 Å². The first kappa shape index (κ1) is 12.9. The van der Waals surface area contributed by atoms with E-state index < -0.39 is 0 Å². The normalized spacial score (nSPS) is 15.1. The third-order valence-electron chi connectivity index (χ3n) is 3.80. The molecule has 104 valence electrons. The predicted octanol–water partition coefficient (Wildman–Crippen LogP) is 3.18. The zero-order chi connectivity index (χ0) is 13.8. The Balaban J connectivity index is 1.60. The molecule has 20 heavy (non-hydrogen) atoms. The average Bonchev–Trinajstić information content (AvgIpc) is 2.92. The minimum absolute atomic E-state index is 0.0983. The molecule has 0 bridgehead atoms. The van der Waals surface area contributed by atoms with Gasteiger partial charge >= 0.3 is 0 Å². The lowest BCUT2D eigenvalue weighted by atomic mass is 9.97. The van der Waals surface area contributed by atoms with Crippen molar-refractivity contribution in [3.8, 4) is 0 Å². The van der Waals surface area contributed by atoms with Crippen molar-refractivity contribution in [1.29, 1.82) is 0 Å². The molecule has 1 aliphatic carbocycles. The van der Waals surface area contributed by atoms with Gasteiger partial charge < -0.3 is 5.32 Å². The fourth-order valence-corrected chi connectivity index (χ4v) is 2.69. The second kappa shape index (κ2) is 5.90. The third kappa shape index (κ3) is 2.74. The van der Waals surface area contributed by atoms with Crippen LogP contribution in [0.15, 0.2) is 35.9 Å². The summed E-state index contributed by atoms with van der Waals surface area (Å²) in [6.45, 7) is 0.686. The second-order valence-electron chi connectivity index (χ2n) is 5.23. The summed E-state index contributed by atoms with van der Waals surface area (Å²) in [5.74, 6) is -0.0983. The lowest BCUT2D eigenvalue weighted by Gasteiger charge is -2.12. The van der Waals surface area contributed by atoms with Crippen LogP contribution in [0.3, 0.4) is 0 Å². The van der Waals surface area contributed by atoms with E-state index in [-0.39, 0.29) is 5.91 Å². The van der Waals surface area contributed by atoms with E-state index in [1.165, 1.54) is 31.3 Å². The minimum atomic E-state index is -0.0983. The van der Waals surface area contributed by atoms with Gasteiger partial charge in [0.2, 0.25) is 0 Å². The topological polar surface area (TPSA) is 57.8 Å². The van der Waals surface area contributed by atoms with Crippen molar-refractivity contribution < 1.29 is 4.79 Å². The van der Waals surface area contributed by atoms with Crippen LogP contribution in [-0.2, 0) is 0 Å². The quantitative estimate of drug-likeness (QED) is 0.837. The number of para-hydroxylation sites is 1. The molecular formula is C16H19N3O. The minimum Gasteiger partial charge on any atom is -0.350 e. The smallest absolute Gasteiger partial charge is 0.272 e. The number of nitrogens with zero attached hydrogens (tertiary/aromatic N) is 1. The third-order valence-corrected chi connectivity index (χ3v) is 3.80. The SMILES string of the molecule is O=C(NCCC1=CCCCC1)c1n[nH]c2ccccc12. The Morgan fingerprint density at radius 3 is 3.05 bits per heavy atom. The number of benzene rings is 1. The number of carbonyl (C=O) groups is 1. The van der Waals surface area contributed by atoms with Gasteiger partial charge in [0.05, 0.1) is 5.52 Å². The highest BCUT2D eigenvalue weighted by molar-refractivity contribution is 6.04. The van der Waals surface area contributed by atoms with E-state index in [0.717, 1.165) is 17.3 Å². The number of H-pyrrole nitrogens is 1. The Labute approximate surface area is 118 Å². The van der Waals surface area contributed by atoms with Crippen molar-refractivity contribution >= 4 is 16.8 Å². The molecule has 4 heteroatoms. The van der Waals surface area contributed by atoms with Crippen molar-refractivity contribution in [3.05, 3.63) is 41.6 Å². The molecule has 0 unspecified atom stereocenters. The van der Waals surface area contributed by atoms with Crippen LogP contribution in [0.25, 0.3) is 10.9 Å². The number of nitrogens with one attached hydrogen (secondary N) is 2. The number of hydrogen-bond acceptors (Lipinski definition) is 2. The Hall–Kier alpha value is -2.10. The summed E-state index contributed by atoms with van der Waals surface area (Å²) in [6.07, 6.45) is 8.22. The van der Waals surface area contributed by atoms with Crippen molar-refractivity contribution in [2.24, 2.45) is 0 Å². The lowest BCUT2D eigenvalue weighted by Crippen LogP contribution is -2.25. The summed E-state index contributed by atoms with van der Waals surface area (Å²) in [4.78, 5) is 12.1. The second-order valence-corrected chi connectivity index (χ2v) is 5.23. The van der Waals surface area contributed by atoms with E-state index >= 15 is 0 Å². The average molecular weight is 269 g/mol. The molecule has 3 rings (SSSR count). The number of allylic oxidation sites excluding steroid dienone is 1. The molecule has 0 saturated heterocycles. The maximum Gasteiger partial charge on any atom is 0.272 e. The van der Waals surface area contributed by atoms with Crippen LogP contribution in [0.1, 0.15) is 42.6 Å². The van der Waals surface area contributed by atoms with Crippen LogP contribution in [0, 0.1) is 0 Å². The number of aromatic nitrogens is 2. The van der Waals surface area contributed by atoms with Crippen LogP contribution >= 0.6 is 0 Å². The number of amides is 1. The van der Waals surface area contributed by atoms with Gasteiger partial charge in [-0.3, -0.25) is 9.89 Å². The van der Waals surface area contributed by atoms with Gasteiger partial charge in [-0.15, -0.1) is 0 Å². The number of aromatic amines is 1. The number of fused-ring (bicyclic) bond motifs is 1. The standard InChI is InChI=1S/C16H19N3O/c20-16(17-11-10-12-6-2-1-3-7-12)15-13-8-4-5-9-14(13)18-19-15/h4-6,8-9H,1-3,7,10-11H2,(H,17,20)(H,18,19). The molecule has 2 N–H and O–H groups in total. The zero-order valence-electron chi connectivity index (χ0n) is 11.5. The van der Waals surface area contributed by atoms with Gasteiger partial charge in [-0.2, -0.15) is 5.10 Å². The van der Waals surface area contributed by atoms with Crippen LogP contribution in [-0.4, -0.2) is 22.6 Å². The fraction of sp³-hybridized carbons (Fsp3) is 0.375. The van der Waals surface area contributed by atoms with Gasteiger partial charge in [0.1, 0.15) is 0 Å². The van der Waals surface area contributed by atoms with E-state index in [1.807, 2.05) is 24.3 Å². The highest BCUT2D eigenvalue weighted by atomic mass is 16.1. The van der Waals surface area contributed by atoms with Gasteiger partial charge in [0.25, 0.3) is 5.91 Å². The van der Waals surface area contributed by atoms with Gasteiger partial charge in [0.15, 0.2) is 5.69 Å². The highest BCUT2D eigenvalue weighted by Gasteiger charge is 2.13. The van der Waals surface area contributed by atoms with Crippen molar-refractivity contribution in [3.63, 3.8) is 0 Å². The van der Waals surface area contributed by atoms with Gasteiger partial charge in [0, 0.05) is 11.9 Å². The van der Waals surface area contributed by atoms with Gasteiger partial charge in [-0.05, 0) is 38.2 Å². The van der Waals surface area contributed by atoms with Crippen LogP contribution < -0.4 is 5.32 Å². The summed E-state index contributed by atoms with van der Waals surface area (Å²) in [5.41, 5.74) is 2.86. The first-order valence-electron chi connectivity index (χ1n) is 7.24. The van der Waals surface area contributed by atoms with Crippen molar-refractivity contribution in [2.75, 3.05) is 6.54 Å². The molecule has 0 fully saturated rings. The molecular weight excluding hydrogens is 250 g/mol. The Morgan fingerprint density at radius 1 is 1.30 bits per heavy atom. The summed E-state index contributed by atoms with van der Waals surface area (Å²) < 4.78 is 0. The van der Waals surface area contributed by atoms with Crippen LogP contribution in [0.5, 0.6) is 0 Å². The molecule has 1 aliphatic rings. The van der Waals surface area contributed by atoms with E-state index in [0.29, 0.717) is 12.2 Å². The molecule has 0 spiro atoms. The predicted molar refractivity (Wildman–Crippen MR) is 79.6 cm³/mol. The molecule has 1 aromatic heterocycles. The molecule has 2 aromatic rings. The van der Waals surface area contributed by atoms with E-state index in [1.54, 1.807) is 0 Å². The first-order chi connectivity index (χ1) is 9.84. The van der Waals surface area contributed by atoms with Gasteiger partial charge in [-0.25, -0.2) is 0 Å². The number of hydrogen-bond donors (Lipinski definition) is 2. The Morgan fingerprint density at radius 2 is 2.20 bits per heavy atom. The van der Waals surface area contributed by atoms with E-state index in [2.05, 4.69) is 21.6 Å². The molecule has 1 aromatic carbocycles. The van der Waals surface area contributed by atoms with E-state index in [9.17, 15) is 4.79 Å². The maximum atomic E-state index is 12.1. The largest absolute Gasteiger partial charge is 0.350 e. The van der Waals surface area contributed by atoms with Crippen molar-refractivity contribution in [1.82, 2.24) is 15.5 Å². The molecule has 4 nitrogen and oxygen atoms in total. The monoisotopic (exact) mass is 269 g/mol. The summed E-state index contributed by atoms with van der Waals surface area (Å²) in [7, 11) is 0. The van der Waals surface area contributed by atoms with Crippen LogP contribution in [0.4, 0.5) is 0 Å².